The maximum Gasteiger partial charge on any atom is 0.216 e. The first kappa shape index (κ1) is 14.9. The summed E-state index contributed by atoms with van der Waals surface area (Å²) in [5.74, 6) is -0.385. The van der Waals surface area contributed by atoms with E-state index in [-0.39, 0.29) is 22.1 Å². The van der Waals surface area contributed by atoms with E-state index in [1.165, 1.54) is 35.2 Å². The molecule has 0 fully saturated rings. The van der Waals surface area contributed by atoms with Crippen LogP contribution in [0.4, 0.5) is 4.39 Å². The third-order valence-corrected chi connectivity index (χ3v) is 3.34. The van der Waals surface area contributed by atoms with Gasteiger partial charge in [0.25, 0.3) is 0 Å². The van der Waals surface area contributed by atoms with Gasteiger partial charge in [0.1, 0.15) is 5.82 Å². The summed E-state index contributed by atoms with van der Waals surface area (Å²) in [5.41, 5.74) is 1.21. The van der Waals surface area contributed by atoms with Gasteiger partial charge in [-0.15, -0.1) is 0 Å². The first-order chi connectivity index (χ1) is 11.0. The molecule has 3 rings (SSSR count). The first-order valence-electron chi connectivity index (χ1n) is 6.54. The highest BCUT2D eigenvalue weighted by Gasteiger charge is 2.08. The van der Waals surface area contributed by atoms with E-state index < -0.39 is 0 Å². The van der Waals surface area contributed by atoms with Gasteiger partial charge in [-0.3, -0.25) is 0 Å². The standard InChI is InChI=1S/C15H11FN4O2S/c16-11-4-2-10(3-5-11)14-18-19-15(23)20(14)17-8-9-1-6-12(21)13(22)7-9/h1-8,21-22H,(H,19,23). The molecule has 0 spiro atoms. The SMILES string of the molecule is Oc1ccc(C=Nn2c(-c3ccc(F)cc3)n[nH]c2=S)cc1O. The Morgan fingerprint density at radius 2 is 1.87 bits per heavy atom. The number of phenolic OH excluding ortho intramolecular Hbond substituents is 2. The topological polar surface area (TPSA) is 86.4 Å². The van der Waals surface area contributed by atoms with Crippen molar-refractivity contribution in [1.82, 2.24) is 14.9 Å². The first-order valence-corrected chi connectivity index (χ1v) is 6.95. The summed E-state index contributed by atoms with van der Waals surface area (Å²) in [6.45, 7) is 0. The van der Waals surface area contributed by atoms with Gasteiger partial charge in [-0.2, -0.15) is 14.9 Å². The van der Waals surface area contributed by atoms with Crippen molar-refractivity contribution in [2.24, 2.45) is 5.10 Å². The van der Waals surface area contributed by atoms with Gasteiger partial charge in [-0.25, -0.2) is 9.49 Å². The number of aromatic amines is 1. The highest BCUT2D eigenvalue weighted by molar-refractivity contribution is 7.71. The average molecular weight is 330 g/mol. The molecule has 0 unspecified atom stereocenters. The zero-order valence-corrected chi connectivity index (χ0v) is 12.5. The van der Waals surface area contributed by atoms with E-state index in [4.69, 9.17) is 12.2 Å². The lowest BCUT2D eigenvalue weighted by Gasteiger charge is -2.01. The summed E-state index contributed by atoms with van der Waals surface area (Å²) in [4.78, 5) is 0. The molecule has 0 saturated carbocycles. The Morgan fingerprint density at radius 3 is 2.57 bits per heavy atom. The summed E-state index contributed by atoms with van der Waals surface area (Å²) < 4.78 is 14.7. The van der Waals surface area contributed by atoms with Gasteiger partial charge in [-0.1, -0.05) is 0 Å². The van der Waals surface area contributed by atoms with Crippen molar-refractivity contribution in [2.75, 3.05) is 0 Å². The van der Waals surface area contributed by atoms with Gasteiger partial charge in [0.15, 0.2) is 17.3 Å². The van der Waals surface area contributed by atoms with Crippen LogP contribution in [0.1, 0.15) is 5.56 Å². The number of benzene rings is 2. The average Bonchev–Trinajstić information content (AvgIpc) is 2.90. The number of halogens is 1. The molecule has 0 radical (unpaired) electrons. The molecule has 0 atom stereocenters. The molecule has 3 N–H and O–H groups in total. The Bertz CT molecular complexity index is 931. The van der Waals surface area contributed by atoms with Gasteiger partial charge in [0.2, 0.25) is 4.77 Å². The summed E-state index contributed by atoms with van der Waals surface area (Å²) in [6, 6.07) is 10.1. The largest absolute Gasteiger partial charge is 0.504 e. The summed E-state index contributed by atoms with van der Waals surface area (Å²) >= 11 is 5.13. The number of hydrogen-bond donors (Lipinski definition) is 3. The molecule has 1 aromatic heterocycles. The van der Waals surface area contributed by atoms with Crippen molar-refractivity contribution in [3.05, 3.63) is 58.6 Å². The molecule has 23 heavy (non-hydrogen) atoms. The molecule has 8 heteroatoms. The Balaban J connectivity index is 1.98. The molecule has 0 amide bonds. The molecular weight excluding hydrogens is 319 g/mol. The smallest absolute Gasteiger partial charge is 0.216 e. The number of aromatic hydroxyl groups is 2. The summed E-state index contributed by atoms with van der Waals surface area (Å²) in [7, 11) is 0. The van der Waals surface area contributed by atoms with E-state index in [9.17, 15) is 14.6 Å². The number of nitrogens with one attached hydrogen (secondary N) is 1. The molecule has 6 nitrogen and oxygen atoms in total. The van der Waals surface area contributed by atoms with E-state index >= 15 is 0 Å². The highest BCUT2D eigenvalue weighted by Crippen LogP contribution is 2.24. The van der Waals surface area contributed by atoms with E-state index in [1.54, 1.807) is 18.2 Å². The molecule has 2 aromatic carbocycles. The molecule has 0 aliphatic carbocycles. The quantitative estimate of drug-likeness (QED) is 0.391. The lowest BCUT2D eigenvalue weighted by molar-refractivity contribution is 0.403. The maximum absolute atomic E-state index is 13.0. The molecule has 3 aromatic rings. The van der Waals surface area contributed by atoms with Crippen LogP contribution in [0.2, 0.25) is 0 Å². The van der Waals surface area contributed by atoms with Crippen LogP contribution < -0.4 is 0 Å². The number of aromatic nitrogens is 3. The Morgan fingerprint density at radius 1 is 1.13 bits per heavy atom. The highest BCUT2D eigenvalue weighted by atomic mass is 32.1. The predicted molar refractivity (Wildman–Crippen MR) is 85.6 cm³/mol. The Labute approximate surface area is 135 Å². The van der Waals surface area contributed by atoms with Crippen molar-refractivity contribution in [3.63, 3.8) is 0 Å². The van der Waals surface area contributed by atoms with Gasteiger partial charge < -0.3 is 10.2 Å². The number of hydrogen-bond acceptors (Lipinski definition) is 5. The van der Waals surface area contributed by atoms with Gasteiger partial charge in [0, 0.05) is 5.56 Å². The fourth-order valence-electron chi connectivity index (χ4n) is 1.93. The lowest BCUT2D eigenvalue weighted by atomic mass is 10.2. The van der Waals surface area contributed by atoms with Crippen LogP contribution in [0.3, 0.4) is 0 Å². The van der Waals surface area contributed by atoms with Crippen molar-refractivity contribution in [1.29, 1.82) is 0 Å². The molecule has 0 bridgehead atoms. The molecular formula is C15H11FN4O2S. The maximum atomic E-state index is 13.0. The van der Waals surface area contributed by atoms with Crippen molar-refractivity contribution in [3.8, 4) is 22.9 Å². The lowest BCUT2D eigenvalue weighted by Crippen LogP contribution is -1.95. The number of phenols is 2. The number of H-pyrrole nitrogens is 1. The second kappa shape index (κ2) is 6.01. The molecule has 0 aliphatic heterocycles. The summed E-state index contributed by atoms with van der Waals surface area (Å²) in [6.07, 6.45) is 1.46. The monoisotopic (exact) mass is 330 g/mol. The van der Waals surface area contributed by atoms with Crippen LogP contribution in [-0.2, 0) is 0 Å². The van der Waals surface area contributed by atoms with Crippen LogP contribution in [0.15, 0.2) is 47.6 Å². The van der Waals surface area contributed by atoms with Gasteiger partial charge in [0.05, 0.1) is 6.21 Å². The number of nitrogens with zero attached hydrogens (tertiary/aromatic N) is 3. The van der Waals surface area contributed by atoms with E-state index in [0.29, 0.717) is 17.0 Å². The van der Waals surface area contributed by atoms with E-state index in [1.807, 2.05) is 0 Å². The minimum atomic E-state index is -0.350. The minimum Gasteiger partial charge on any atom is -0.504 e. The fraction of sp³-hybridized carbons (Fsp3) is 0. The van der Waals surface area contributed by atoms with Crippen LogP contribution >= 0.6 is 12.2 Å². The number of rotatable bonds is 3. The van der Waals surface area contributed by atoms with Gasteiger partial charge in [-0.05, 0) is 60.2 Å². The van der Waals surface area contributed by atoms with Crippen molar-refractivity contribution in [2.45, 2.75) is 0 Å². The van der Waals surface area contributed by atoms with Crippen LogP contribution in [0.5, 0.6) is 11.5 Å². The van der Waals surface area contributed by atoms with E-state index in [0.717, 1.165) is 0 Å². The normalized spacial score (nSPS) is 11.2. The second-order valence-electron chi connectivity index (χ2n) is 4.66. The third-order valence-electron chi connectivity index (χ3n) is 3.07. The third kappa shape index (κ3) is 3.11. The molecule has 1 heterocycles. The minimum absolute atomic E-state index is 0.214. The Hall–Kier alpha value is -3.00. The second-order valence-corrected chi connectivity index (χ2v) is 5.05. The van der Waals surface area contributed by atoms with Crippen LogP contribution in [0, 0.1) is 10.6 Å². The fourth-order valence-corrected chi connectivity index (χ4v) is 2.11. The van der Waals surface area contributed by atoms with Crippen molar-refractivity contribution < 1.29 is 14.6 Å². The molecule has 0 saturated heterocycles. The molecule has 116 valence electrons. The van der Waals surface area contributed by atoms with E-state index in [2.05, 4.69) is 15.3 Å². The zero-order valence-electron chi connectivity index (χ0n) is 11.6. The van der Waals surface area contributed by atoms with Gasteiger partial charge >= 0.3 is 0 Å². The van der Waals surface area contributed by atoms with Crippen molar-refractivity contribution >= 4 is 18.4 Å². The predicted octanol–water partition coefficient (Wildman–Crippen LogP) is 3.04. The molecule has 0 aliphatic rings. The summed E-state index contributed by atoms with van der Waals surface area (Å²) in [5, 5.41) is 29.7. The van der Waals surface area contributed by atoms with Crippen LogP contribution in [-0.4, -0.2) is 31.3 Å². The zero-order chi connectivity index (χ0) is 16.4. The Kier molecular flexibility index (Phi) is 3.90. The van der Waals surface area contributed by atoms with Crippen LogP contribution in [0.25, 0.3) is 11.4 Å².